The van der Waals surface area contributed by atoms with Gasteiger partial charge in [-0.1, -0.05) is 54.0 Å². The second-order valence-corrected chi connectivity index (χ2v) is 9.76. The summed E-state index contributed by atoms with van der Waals surface area (Å²) in [6.07, 6.45) is 0. The van der Waals surface area contributed by atoms with E-state index in [1.54, 1.807) is 22.9 Å². The highest BCUT2D eigenvalue weighted by atomic mass is 32.2. The Bertz CT molecular complexity index is 1710. The molecule has 0 bridgehead atoms. The number of aromatic nitrogens is 2. The zero-order chi connectivity index (χ0) is 24.6. The topological polar surface area (TPSA) is 90.2 Å². The van der Waals surface area contributed by atoms with Gasteiger partial charge in [0.15, 0.2) is 0 Å². The van der Waals surface area contributed by atoms with Gasteiger partial charge in [-0.15, -0.1) is 0 Å². The van der Waals surface area contributed by atoms with Crippen molar-refractivity contribution >= 4 is 40.1 Å². The van der Waals surface area contributed by atoms with E-state index in [0.717, 1.165) is 11.2 Å². The second-order valence-electron chi connectivity index (χ2n) is 8.08. The van der Waals surface area contributed by atoms with Gasteiger partial charge in [-0.2, -0.15) is 0 Å². The lowest BCUT2D eigenvalue weighted by atomic mass is 9.97. The third-order valence-electron chi connectivity index (χ3n) is 5.67. The molecule has 0 aliphatic heterocycles. The fraction of sp³-hybridized carbons (Fsp3) is 0. The highest BCUT2D eigenvalue weighted by Crippen LogP contribution is 2.22. The van der Waals surface area contributed by atoms with Gasteiger partial charge < -0.3 is 0 Å². The van der Waals surface area contributed by atoms with Crippen LogP contribution < -0.4 is 15.7 Å². The first-order chi connectivity index (χ1) is 16.8. The number of hydrogen-bond donors (Lipinski definition) is 1. The van der Waals surface area contributed by atoms with E-state index < -0.39 is 15.9 Å². The molecule has 4 aromatic carbocycles. The third-order valence-corrected chi connectivity index (χ3v) is 7.02. The number of carbonyl (C=O) groups excluding carboxylic acids is 1. The van der Waals surface area contributed by atoms with Gasteiger partial charge >= 0.3 is 0 Å². The fourth-order valence-electron chi connectivity index (χ4n) is 3.93. The summed E-state index contributed by atoms with van der Waals surface area (Å²) in [6.45, 7) is 0. The molecule has 35 heavy (non-hydrogen) atoms. The molecule has 0 fully saturated rings. The first-order valence-corrected chi connectivity index (χ1v) is 12.4. The Kier molecular flexibility index (Phi) is 5.62. The maximum absolute atomic E-state index is 13.5. The lowest BCUT2D eigenvalue weighted by molar-refractivity contribution is 0.0981. The molecular weight excluding hydrogens is 461 g/mol. The van der Waals surface area contributed by atoms with Crippen LogP contribution in [0.2, 0.25) is 0 Å². The number of sulfonamides is 1. The Balaban J connectivity index is 1.62. The van der Waals surface area contributed by atoms with Gasteiger partial charge in [0, 0.05) is 5.56 Å². The SMILES string of the molecule is Bc1ccc(S(=O)(=O)NC(=O)c2ccc3c(c2)c(=O)n(-c2ccccc2)n3-c2ccccc2)cc1. The minimum absolute atomic E-state index is 0.0146. The van der Waals surface area contributed by atoms with Gasteiger partial charge in [-0.3, -0.25) is 9.59 Å². The standard InChI is InChI=1S/C26H20BN3O4S/c27-19-12-14-22(15-13-19)35(33,34)28-25(31)18-11-16-24-23(17-18)26(32)30(21-9-5-2-6-10-21)29(24)20-7-3-1-4-8-20/h1-17H,27H2,(H,28,31). The Morgan fingerprint density at radius 2 is 1.31 bits per heavy atom. The van der Waals surface area contributed by atoms with E-state index in [4.69, 9.17) is 0 Å². The zero-order valence-electron chi connectivity index (χ0n) is 18.8. The summed E-state index contributed by atoms with van der Waals surface area (Å²) in [6, 6.07) is 29.3. The van der Waals surface area contributed by atoms with Gasteiger partial charge in [-0.05, 0) is 54.6 Å². The van der Waals surface area contributed by atoms with Crippen molar-refractivity contribution in [3.63, 3.8) is 0 Å². The average Bonchev–Trinajstić information content (AvgIpc) is 3.17. The molecule has 0 spiro atoms. The van der Waals surface area contributed by atoms with Crippen LogP contribution in [0.15, 0.2) is 113 Å². The van der Waals surface area contributed by atoms with E-state index in [1.165, 1.54) is 28.9 Å². The molecule has 1 heterocycles. The van der Waals surface area contributed by atoms with Crippen molar-refractivity contribution < 1.29 is 13.2 Å². The molecule has 7 nitrogen and oxygen atoms in total. The number of rotatable bonds is 5. The molecule has 0 aliphatic rings. The molecular formula is C26H20BN3O4S. The molecule has 0 saturated carbocycles. The average molecular weight is 481 g/mol. The van der Waals surface area contributed by atoms with Crippen LogP contribution in [0.25, 0.3) is 22.3 Å². The maximum atomic E-state index is 13.5. The van der Waals surface area contributed by atoms with E-state index in [9.17, 15) is 18.0 Å². The van der Waals surface area contributed by atoms with E-state index in [1.807, 2.05) is 68.5 Å². The second kappa shape index (κ2) is 8.77. The number of benzene rings is 4. The normalized spacial score (nSPS) is 11.4. The van der Waals surface area contributed by atoms with Crippen LogP contribution in [0.3, 0.4) is 0 Å². The highest BCUT2D eigenvalue weighted by molar-refractivity contribution is 7.90. The minimum Gasteiger partial charge on any atom is -0.268 e. The first-order valence-electron chi connectivity index (χ1n) is 10.9. The zero-order valence-corrected chi connectivity index (χ0v) is 19.6. The van der Waals surface area contributed by atoms with Crippen molar-refractivity contribution in [3.05, 3.63) is 119 Å². The number of para-hydroxylation sites is 2. The number of carbonyl (C=O) groups is 1. The summed E-state index contributed by atoms with van der Waals surface area (Å²) in [5.74, 6) is -0.814. The quantitative estimate of drug-likeness (QED) is 0.390. The molecule has 0 atom stereocenters. The van der Waals surface area contributed by atoms with Crippen molar-refractivity contribution in [3.8, 4) is 11.4 Å². The summed E-state index contributed by atoms with van der Waals surface area (Å²) < 4.78 is 30.8. The number of nitrogens with zero attached hydrogens (tertiary/aromatic N) is 2. The van der Waals surface area contributed by atoms with E-state index in [2.05, 4.69) is 4.72 Å². The summed E-state index contributed by atoms with van der Waals surface area (Å²) in [5, 5.41) is 0.290. The molecule has 1 N–H and O–H groups in total. The number of amides is 1. The van der Waals surface area contributed by atoms with Crippen LogP contribution >= 0.6 is 0 Å². The molecule has 1 aromatic heterocycles. The van der Waals surface area contributed by atoms with Gasteiger partial charge in [0.25, 0.3) is 21.5 Å². The minimum atomic E-state index is -4.06. The molecule has 0 unspecified atom stereocenters. The van der Waals surface area contributed by atoms with Gasteiger partial charge in [0.1, 0.15) is 7.85 Å². The molecule has 9 heteroatoms. The predicted molar refractivity (Wildman–Crippen MR) is 138 cm³/mol. The van der Waals surface area contributed by atoms with E-state index >= 15 is 0 Å². The van der Waals surface area contributed by atoms with Crippen molar-refractivity contribution in [2.45, 2.75) is 4.90 Å². The highest BCUT2D eigenvalue weighted by Gasteiger charge is 2.21. The molecule has 5 rings (SSSR count). The lowest BCUT2D eigenvalue weighted by Crippen LogP contribution is -2.30. The van der Waals surface area contributed by atoms with Crippen molar-refractivity contribution in [2.75, 3.05) is 0 Å². The summed E-state index contributed by atoms with van der Waals surface area (Å²) >= 11 is 0. The van der Waals surface area contributed by atoms with Crippen LogP contribution in [-0.4, -0.2) is 31.5 Å². The monoisotopic (exact) mass is 481 g/mol. The van der Waals surface area contributed by atoms with Crippen LogP contribution in [0, 0.1) is 0 Å². The van der Waals surface area contributed by atoms with Gasteiger partial charge in [0.05, 0.1) is 27.2 Å². The van der Waals surface area contributed by atoms with E-state index in [-0.39, 0.29) is 21.4 Å². The van der Waals surface area contributed by atoms with Crippen LogP contribution in [0.4, 0.5) is 0 Å². The predicted octanol–water partition coefficient (Wildman–Crippen LogP) is 2.16. The van der Waals surface area contributed by atoms with Gasteiger partial charge in [0.2, 0.25) is 0 Å². The first kappa shape index (κ1) is 22.4. The molecule has 0 radical (unpaired) electrons. The Morgan fingerprint density at radius 1 is 0.743 bits per heavy atom. The summed E-state index contributed by atoms with van der Waals surface area (Å²) in [5.41, 5.74) is 2.65. The number of nitrogens with one attached hydrogen (secondary N) is 1. The fourth-order valence-corrected chi connectivity index (χ4v) is 4.90. The Morgan fingerprint density at radius 3 is 1.91 bits per heavy atom. The Hall–Kier alpha value is -4.37. The maximum Gasteiger partial charge on any atom is 0.279 e. The van der Waals surface area contributed by atoms with Crippen LogP contribution in [0.5, 0.6) is 0 Å². The molecule has 0 aliphatic carbocycles. The summed E-state index contributed by atoms with van der Waals surface area (Å²) in [4.78, 5) is 26.4. The lowest BCUT2D eigenvalue weighted by Gasteiger charge is -2.13. The molecule has 5 aromatic rings. The van der Waals surface area contributed by atoms with E-state index in [0.29, 0.717) is 11.2 Å². The van der Waals surface area contributed by atoms with Crippen LogP contribution in [0.1, 0.15) is 10.4 Å². The third kappa shape index (κ3) is 4.17. The number of fused-ring (bicyclic) bond motifs is 1. The van der Waals surface area contributed by atoms with Gasteiger partial charge in [-0.25, -0.2) is 22.5 Å². The largest absolute Gasteiger partial charge is 0.279 e. The molecule has 172 valence electrons. The Labute approximate surface area is 202 Å². The van der Waals surface area contributed by atoms with Crippen molar-refractivity contribution in [2.24, 2.45) is 0 Å². The van der Waals surface area contributed by atoms with Crippen LogP contribution in [-0.2, 0) is 10.0 Å². The van der Waals surface area contributed by atoms with Crippen molar-refractivity contribution in [1.82, 2.24) is 14.1 Å². The summed E-state index contributed by atoms with van der Waals surface area (Å²) in [7, 11) is -2.22. The smallest absolute Gasteiger partial charge is 0.268 e. The molecule has 0 saturated heterocycles. The number of hydrogen-bond acceptors (Lipinski definition) is 4. The van der Waals surface area contributed by atoms with Crippen molar-refractivity contribution in [1.29, 1.82) is 0 Å². The molecule has 1 amide bonds.